The van der Waals surface area contributed by atoms with Gasteiger partial charge in [0, 0.05) is 11.6 Å². The van der Waals surface area contributed by atoms with Crippen LogP contribution in [0.25, 0.3) is 0 Å². The number of carboxylic acid groups (broad SMARTS) is 1. The van der Waals surface area contributed by atoms with E-state index in [1.54, 1.807) is 6.92 Å². The minimum absolute atomic E-state index is 0.0332. The van der Waals surface area contributed by atoms with Crippen LogP contribution in [0, 0.1) is 11.7 Å². The van der Waals surface area contributed by atoms with Crippen molar-refractivity contribution < 1.29 is 19.1 Å². The number of carbonyl (C=O) groups excluding carboxylic acids is 1. The summed E-state index contributed by atoms with van der Waals surface area (Å²) in [4.78, 5) is 22.1. The molecule has 5 nitrogen and oxygen atoms in total. The molecule has 0 radical (unpaired) electrons. The molecule has 0 aliphatic carbocycles. The predicted octanol–water partition coefficient (Wildman–Crippen LogP) is 3.10. The number of benzene rings is 1. The van der Waals surface area contributed by atoms with E-state index < -0.39 is 23.7 Å². The molecule has 2 amide bonds. The number of amides is 2. The second-order valence-corrected chi connectivity index (χ2v) is 4.82. The van der Waals surface area contributed by atoms with E-state index in [9.17, 15) is 14.0 Å². The Balaban J connectivity index is 2.32. The zero-order valence-corrected chi connectivity index (χ0v) is 11.7. The van der Waals surface area contributed by atoms with E-state index in [2.05, 4.69) is 10.6 Å². The first-order valence-corrected chi connectivity index (χ1v) is 6.50. The van der Waals surface area contributed by atoms with E-state index in [1.807, 2.05) is 0 Å². The van der Waals surface area contributed by atoms with Crippen LogP contribution in [0.1, 0.15) is 19.8 Å². The Hall–Kier alpha value is -1.82. The van der Waals surface area contributed by atoms with Crippen LogP contribution in [0.4, 0.5) is 14.9 Å². The summed E-state index contributed by atoms with van der Waals surface area (Å²) in [5, 5.41) is 13.8. The predicted molar refractivity (Wildman–Crippen MR) is 74.5 cm³/mol. The van der Waals surface area contributed by atoms with Gasteiger partial charge in [-0.05, 0) is 31.0 Å². The highest BCUT2D eigenvalue weighted by molar-refractivity contribution is 6.30. The van der Waals surface area contributed by atoms with E-state index in [-0.39, 0.29) is 10.7 Å². The first-order chi connectivity index (χ1) is 9.40. The van der Waals surface area contributed by atoms with Crippen LogP contribution in [-0.2, 0) is 4.79 Å². The molecule has 1 atom stereocenters. The van der Waals surface area contributed by atoms with Crippen molar-refractivity contribution in [2.45, 2.75) is 19.8 Å². The molecule has 0 heterocycles. The highest BCUT2D eigenvalue weighted by Gasteiger charge is 2.10. The van der Waals surface area contributed by atoms with E-state index in [1.165, 1.54) is 12.1 Å². The van der Waals surface area contributed by atoms with Crippen molar-refractivity contribution in [3.8, 4) is 0 Å². The lowest BCUT2D eigenvalue weighted by Gasteiger charge is -2.09. The summed E-state index contributed by atoms with van der Waals surface area (Å²) in [6.07, 6.45) is 0.995. The van der Waals surface area contributed by atoms with Gasteiger partial charge >= 0.3 is 12.0 Å². The first-order valence-electron chi connectivity index (χ1n) is 6.13. The van der Waals surface area contributed by atoms with Crippen molar-refractivity contribution >= 4 is 29.3 Å². The summed E-state index contributed by atoms with van der Waals surface area (Å²) >= 11 is 5.59. The molecule has 0 aromatic heterocycles. The van der Waals surface area contributed by atoms with Gasteiger partial charge in [-0.3, -0.25) is 4.79 Å². The van der Waals surface area contributed by atoms with Crippen LogP contribution < -0.4 is 10.6 Å². The molecule has 1 aromatic rings. The smallest absolute Gasteiger partial charge is 0.319 e. The van der Waals surface area contributed by atoms with Crippen LogP contribution in [0.3, 0.4) is 0 Å². The third-order valence-electron chi connectivity index (χ3n) is 2.70. The molecule has 1 aromatic carbocycles. The van der Waals surface area contributed by atoms with E-state index in [0.717, 1.165) is 6.07 Å². The number of hydrogen-bond acceptors (Lipinski definition) is 2. The molecule has 20 heavy (non-hydrogen) atoms. The molecular weight excluding hydrogens is 287 g/mol. The molecule has 0 aliphatic heterocycles. The maximum Gasteiger partial charge on any atom is 0.319 e. The molecule has 1 rings (SSSR count). The number of carbonyl (C=O) groups is 2. The summed E-state index contributed by atoms with van der Waals surface area (Å²) in [6, 6.07) is 3.39. The SMILES string of the molecule is CC(CCCNC(=O)Nc1ccc(Cl)cc1F)C(=O)O. The second kappa shape index (κ2) is 7.69. The highest BCUT2D eigenvalue weighted by atomic mass is 35.5. The number of aliphatic carboxylic acids is 1. The Labute approximate surface area is 121 Å². The summed E-state index contributed by atoms with van der Waals surface area (Å²) in [7, 11) is 0. The Morgan fingerprint density at radius 3 is 2.75 bits per heavy atom. The van der Waals surface area contributed by atoms with Gasteiger partial charge in [-0.1, -0.05) is 18.5 Å². The molecule has 0 saturated carbocycles. The minimum Gasteiger partial charge on any atom is -0.481 e. The topological polar surface area (TPSA) is 78.4 Å². The number of anilines is 1. The minimum atomic E-state index is -0.863. The Kier molecular flexibility index (Phi) is 6.24. The maximum absolute atomic E-state index is 13.4. The number of hydrogen-bond donors (Lipinski definition) is 3. The molecule has 0 fully saturated rings. The van der Waals surface area contributed by atoms with Gasteiger partial charge in [0.2, 0.25) is 0 Å². The van der Waals surface area contributed by atoms with Gasteiger partial charge in [0.1, 0.15) is 5.82 Å². The van der Waals surface area contributed by atoms with Crippen LogP contribution in [0.5, 0.6) is 0 Å². The van der Waals surface area contributed by atoms with Gasteiger partial charge in [0.25, 0.3) is 0 Å². The lowest BCUT2D eigenvalue weighted by molar-refractivity contribution is -0.141. The fourth-order valence-corrected chi connectivity index (χ4v) is 1.65. The number of urea groups is 1. The molecule has 3 N–H and O–H groups in total. The fraction of sp³-hybridized carbons (Fsp3) is 0.385. The van der Waals surface area contributed by atoms with Gasteiger partial charge in [-0.25, -0.2) is 9.18 Å². The summed E-state index contributed by atoms with van der Waals surface area (Å²) in [5.74, 6) is -1.93. The number of carboxylic acids is 1. The van der Waals surface area contributed by atoms with Crippen LogP contribution in [-0.4, -0.2) is 23.7 Å². The normalized spacial score (nSPS) is 11.8. The Morgan fingerprint density at radius 1 is 1.45 bits per heavy atom. The van der Waals surface area contributed by atoms with E-state index in [0.29, 0.717) is 19.4 Å². The quantitative estimate of drug-likeness (QED) is 0.707. The van der Waals surface area contributed by atoms with Crippen molar-refractivity contribution in [1.29, 1.82) is 0 Å². The van der Waals surface area contributed by atoms with E-state index >= 15 is 0 Å². The lowest BCUT2D eigenvalue weighted by atomic mass is 10.1. The van der Waals surface area contributed by atoms with Gasteiger partial charge < -0.3 is 15.7 Å². The lowest BCUT2D eigenvalue weighted by Crippen LogP contribution is -2.30. The second-order valence-electron chi connectivity index (χ2n) is 4.39. The van der Waals surface area contributed by atoms with Crippen molar-refractivity contribution in [2.75, 3.05) is 11.9 Å². The van der Waals surface area contributed by atoms with Crippen molar-refractivity contribution in [3.05, 3.63) is 29.0 Å². The third kappa shape index (κ3) is 5.44. The third-order valence-corrected chi connectivity index (χ3v) is 2.94. The highest BCUT2D eigenvalue weighted by Crippen LogP contribution is 2.18. The van der Waals surface area contributed by atoms with Gasteiger partial charge in [-0.15, -0.1) is 0 Å². The van der Waals surface area contributed by atoms with Crippen molar-refractivity contribution in [3.63, 3.8) is 0 Å². The van der Waals surface area contributed by atoms with Crippen molar-refractivity contribution in [2.24, 2.45) is 5.92 Å². The molecule has 110 valence electrons. The number of nitrogens with one attached hydrogen (secondary N) is 2. The Bertz CT molecular complexity index is 497. The van der Waals surface area contributed by atoms with Crippen LogP contribution in [0.2, 0.25) is 5.02 Å². The monoisotopic (exact) mass is 302 g/mol. The van der Waals surface area contributed by atoms with Gasteiger partial charge in [0.05, 0.1) is 11.6 Å². The maximum atomic E-state index is 13.4. The molecule has 0 aliphatic rings. The van der Waals surface area contributed by atoms with Crippen LogP contribution >= 0.6 is 11.6 Å². The molecule has 0 bridgehead atoms. The van der Waals surface area contributed by atoms with E-state index in [4.69, 9.17) is 16.7 Å². The van der Waals surface area contributed by atoms with Gasteiger partial charge in [0.15, 0.2) is 0 Å². The first kappa shape index (κ1) is 16.2. The summed E-state index contributed by atoms with van der Waals surface area (Å²) < 4.78 is 13.4. The molecule has 1 unspecified atom stereocenters. The Morgan fingerprint density at radius 2 is 2.15 bits per heavy atom. The average molecular weight is 303 g/mol. The fourth-order valence-electron chi connectivity index (χ4n) is 1.49. The molecule has 7 heteroatoms. The van der Waals surface area contributed by atoms with Crippen molar-refractivity contribution in [1.82, 2.24) is 5.32 Å². The largest absolute Gasteiger partial charge is 0.481 e. The summed E-state index contributed by atoms with van der Waals surface area (Å²) in [5.41, 5.74) is 0.0332. The zero-order chi connectivity index (χ0) is 15.1. The standard InChI is InChI=1S/C13H16ClFN2O3/c1-8(12(18)19)3-2-6-16-13(20)17-11-5-4-9(14)7-10(11)15/h4-5,7-8H,2-3,6H2,1H3,(H,18,19)(H2,16,17,20). The zero-order valence-electron chi connectivity index (χ0n) is 11.0. The number of rotatable bonds is 6. The van der Waals surface area contributed by atoms with Crippen LogP contribution in [0.15, 0.2) is 18.2 Å². The average Bonchev–Trinajstić information content (AvgIpc) is 2.37. The summed E-state index contributed by atoms with van der Waals surface area (Å²) in [6.45, 7) is 1.92. The number of halogens is 2. The molecular formula is C13H16ClFN2O3. The molecule has 0 spiro atoms. The molecule has 0 saturated heterocycles. The van der Waals surface area contributed by atoms with Gasteiger partial charge in [-0.2, -0.15) is 0 Å².